The molecule has 1 N–H and O–H groups in total. The normalized spacial score (nSPS) is 12.2. The molecule has 128 valence electrons. The highest BCUT2D eigenvalue weighted by atomic mass is 19.1. The number of halogens is 1. The molecule has 6 nitrogen and oxygen atoms in total. The summed E-state index contributed by atoms with van der Waals surface area (Å²) in [6, 6.07) is 10.4. The summed E-state index contributed by atoms with van der Waals surface area (Å²) in [7, 11) is 0. The van der Waals surface area contributed by atoms with E-state index in [4.69, 9.17) is 0 Å². The Hall–Kier alpha value is -3.22. The summed E-state index contributed by atoms with van der Waals surface area (Å²) in [4.78, 5) is 37.3. The molecule has 0 fully saturated rings. The number of aromatic nitrogens is 2. The van der Waals surface area contributed by atoms with Crippen LogP contribution in [0.4, 0.5) is 4.39 Å². The maximum Gasteiger partial charge on any atom is 0.337 e. The molecule has 1 unspecified atom stereocenters. The van der Waals surface area contributed by atoms with Gasteiger partial charge in [0.1, 0.15) is 11.9 Å². The molecule has 0 radical (unpaired) electrons. The van der Waals surface area contributed by atoms with Crippen LogP contribution < -0.4 is 11.2 Å². The smallest absolute Gasteiger partial charge is 0.337 e. The molecular weight excluding hydrogens is 327 g/mol. The van der Waals surface area contributed by atoms with E-state index in [1.54, 1.807) is 19.1 Å². The van der Waals surface area contributed by atoms with Crippen molar-refractivity contribution in [3.63, 3.8) is 0 Å². The van der Waals surface area contributed by atoms with Gasteiger partial charge < -0.3 is 5.11 Å². The Labute approximate surface area is 141 Å². The van der Waals surface area contributed by atoms with Crippen LogP contribution in [-0.2, 0) is 4.79 Å². The minimum Gasteiger partial charge on any atom is -0.480 e. The van der Waals surface area contributed by atoms with Gasteiger partial charge in [0.15, 0.2) is 0 Å². The van der Waals surface area contributed by atoms with Gasteiger partial charge in [-0.05, 0) is 30.7 Å². The molecule has 0 aliphatic heterocycles. The number of nitrogens with zero attached hydrogens (tertiary/aromatic N) is 2. The summed E-state index contributed by atoms with van der Waals surface area (Å²) in [6.07, 6.45) is 0.134. The molecule has 2 aromatic carbocycles. The van der Waals surface area contributed by atoms with E-state index in [1.165, 1.54) is 30.3 Å². The SMILES string of the molecule is CCC(C(=O)O)n1c(=O)n(-c2ccccc2F)c(=O)c2ccccc21. The van der Waals surface area contributed by atoms with Crippen LogP contribution in [0.5, 0.6) is 0 Å². The number of carbonyl (C=O) groups is 1. The molecule has 0 amide bonds. The molecule has 3 rings (SSSR count). The molecule has 0 saturated carbocycles. The summed E-state index contributed by atoms with van der Waals surface area (Å²) < 4.78 is 15.9. The van der Waals surface area contributed by atoms with E-state index in [-0.39, 0.29) is 23.0 Å². The van der Waals surface area contributed by atoms with E-state index in [1.807, 2.05) is 0 Å². The molecule has 1 atom stereocenters. The average molecular weight is 342 g/mol. The number of para-hydroxylation sites is 2. The minimum atomic E-state index is -1.20. The fraction of sp³-hybridized carbons (Fsp3) is 0.167. The second kappa shape index (κ2) is 6.35. The lowest BCUT2D eigenvalue weighted by atomic mass is 10.1. The predicted molar refractivity (Wildman–Crippen MR) is 90.7 cm³/mol. The zero-order chi connectivity index (χ0) is 18.1. The Bertz CT molecular complexity index is 1080. The first-order valence-corrected chi connectivity index (χ1v) is 7.71. The predicted octanol–water partition coefficient (Wildman–Crippen LogP) is 2.33. The van der Waals surface area contributed by atoms with Crippen LogP contribution in [0, 0.1) is 5.82 Å². The maximum absolute atomic E-state index is 14.2. The topological polar surface area (TPSA) is 81.3 Å². The molecule has 1 aromatic heterocycles. The number of rotatable bonds is 4. The lowest BCUT2D eigenvalue weighted by Gasteiger charge is -2.19. The number of carboxylic acids is 1. The third-order valence-electron chi connectivity index (χ3n) is 4.07. The van der Waals surface area contributed by atoms with Gasteiger partial charge in [0.25, 0.3) is 5.56 Å². The Morgan fingerprint density at radius 1 is 1.12 bits per heavy atom. The summed E-state index contributed by atoms with van der Waals surface area (Å²) >= 11 is 0. The van der Waals surface area contributed by atoms with Crippen LogP contribution in [-0.4, -0.2) is 20.2 Å². The van der Waals surface area contributed by atoms with Crippen LogP contribution in [0.15, 0.2) is 58.1 Å². The van der Waals surface area contributed by atoms with Crippen molar-refractivity contribution >= 4 is 16.9 Å². The van der Waals surface area contributed by atoms with Gasteiger partial charge in [-0.25, -0.2) is 18.5 Å². The van der Waals surface area contributed by atoms with Crippen molar-refractivity contribution in [2.75, 3.05) is 0 Å². The molecule has 3 aromatic rings. The van der Waals surface area contributed by atoms with Gasteiger partial charge in [-0.3, -0.25) is 9.36 Å². The zero-order valence-electron chi connectivity index (χ0n) is 13.3. The molecule has 0 bridgehead atoms. The lowest BCUT2D eigenvalue weighted by molar-refractivity contribution is -0.141. The van der Waals surface area contributed by atoms with Crippen molar-refractivity contribution < 1.29 is 14.3 Å². The highest BCUT2D eigenvalue weighted by Crippen LogP contribution is 2.18. The standard InChI is InChI=1S/C18H15FN2O4/c1-2-13(17(23)24)20-14-9-5-3-7-11(14)16(22)21(18(20)25)15-10-6-4-8-12(15)19/h3-10,13H,2H2,1H3,(H,23,24). The monoisotopic (exact) mass is 342 g/mol. The van der Waals surface area contributed by atoms with E-state index in [2.05, 4.69) is 0 Å². The van der Waals surface area contributed by atoms with Crippen LogP contribution in [0.3, 0.4) is 0 Å². The van der Waals surface area contributed by atoms with E-state index in [0.29, 0.717) is 4.57 Å². The van der Waals surface area contributed by atoms with Crippen molar-refractivity contribution in [3.8, 4) is 5.69 Å². The van der Waals surface area contributed by atoms with Crippen molar-refractivity contribution in [3.05, 3.63) is 75.2 Å². The first-order valence-electron chi connectivity index (χ1n) is 7.71. The van der Waals surface area contributed by atoms with Crippen molar-refractivity contribution in [2.45, 2.75) is 19.4 Å². The van der Waals surface area contributed by atoms with Gasteiger partial charge in [0.05, 0.1) is 16.6 Å². The number of aliphatic carboxylic acids is 1. The lowest BCUT2D eigenvalue weighted by Crippen LogP contribution is -2.42. The summed E-state index contributed by atoms with van der Waals surface area (Å²) in [5, 5.41) is 9.62. The van der Waals surface area contributed by atoms with E-state index in [0.717, 1.165) is 10.6 Å². The minimum absolute atomic E-state index is 0.134. The van der Waals surface area contributed by atoms with E-state index >= 15 is 0 Å². The van der Waals surface area contributed by atoms with Gasteiger partial charge in [-0.15, -0.1) is 0 Å². The van der Waals surface area contributed by atoms with Crippen molar-refractivity contribution in [1.82, 2.24) is 9.13 Å². The van der Waals surface area contributed by atoms with Gasteiger partial charge in [0, 0.05) is 0 Å². The van der Waals surface area contributed by atoms with Crippen LogP contribution in [0.1, 0.15) is 19.4 Å². The molecule has 1 heterocycles. The number of hydrogen-bond donors (Lipinski definition) is 1. The van der Waals surface area contributed by atoms with Gasteiger partial charge in [-0.1, -0.05) is 31.2 Å². The Morgan fingerprint density at radius 2 is 1.76 bits per heavy atom. The van der Waals surface area contributed by atoms with Crippen molar-refractivity contribution in [1.29, 1.82) is 0 Å². The third-order valence-corrected chi connectivity index (χ3v) is 4.07. The van der Waals surface area contributed by atoms with Crippen LogP contribution >= 0.6 is 0 Å². The highest BCUT2D eigenvalue weighted by molar-refractivity contribution is 5.81. The average Bonchev–Trinajstić information content (AvgIpc) is 2.60. The summed E-state index contributed by atoms with van der Waals surface area (Å²) in [5.41, 5.74) is -1.58. The summed E-state index contributed by atoms with van der Waals surface area (Å²) in [6.45, 7) is 1.62. The summed E-state index contributed by atoms with van der Waals surface area (Å²) in [5.74, 6) is -1.94. The number of fused-ring (bicyclic) bond motifs is 1. The highest BCUT2D eigenvalue weighted by Gasteiger charge is 2.25. The van der Waals surface area contributed by atoms with E-state index in [9.17, 15) is 23.9 Å². The fourth-order valence-corrected chi connectivity index (χ4v) is 2.90. The van der Waals surface area contributed by atoms with Crippen molar-refractivity contribution in [2.24, 2.45) is 0 Å². The van der Waals surface area contributed by atoms with E-state index < -0.39 is 29.1 Å². The zero-order valence-corrected chi connectivity index (χ0v) is 13.3. The second-order valence-electron chi connectivity index (χ2n) is 5.52. The molecule has 7 heteroatoms. The van der Waals surface area contributed by atoms with Gasteiger partial charge >= 0.3 is 11.7 Å². The Balaban J connectivity index is 2.53. The van der Waals surface area contributed by atoms with Gasteiger partial charge in [0.2, 0.25) is 0 Å². The number of carboxylic acid groups (broad SMARTS) is 1. The number of hydrogen-bond acceptors (Lipinski definition) is 3. The molecule has 0 aliphatic carbocycles. The third kappa shape index (κ3) is 2.63. The Kier molecular flexibility index (Phi) is 4.22. The van der Waals surface area contributed by atoms with Crippen LogP contribution in [0.25, 0.3) is 16.6 Å². The molecule has 25 heavy (non-hydrogen) atoms. The first kappa shape index (κ1) is 16.6. The quantitative estimate of drug-likeness (QED) is 0.789. The molecular formula is C18H15FN2O4. The van der Waals surface area contributed by atoms with Crippen LogP contribution in [0.2, 0.25) is 0 Å². The fourth-order valence-electron chi connectivity index (χ4n) is 2.90. The second-order valence-corrected chi connectivity index (χ2v) is 5.52. The molecule has 0 saturated heterocycles. The molecule has 0 aliphatic rings. The maximum atomic E-state index is 14.2. The first-order chi connectivity index (χ1) is 12.0. The Morgan fingerprint density at radius 3 is 2.40 bits per heavy atom. The molecule has 0 spiro atoms. The largest absolute Gasteiger partial charge is 0.480 e. The van der Waals surface area contributed by atoms with Gasteiger partial charge in [-0.2, -0.15) is 0 Å². The number of benzene rings is 2.